The first-order valence-electron chi connectivity index (χ1n) is 8.33. The number of rotatable bonds is 4. The molecule has 2 bridgehead atoms. The molecule has 0 radical (unpaired) electrons. The van der Waals surface area contributed by atoms with E-state index in [-0.39, 0.29) is 0 Å². The number of nitrogens with one attached hydrogen (secondary N) is 1. The van der Waals surface area contributed by atoms with Gasteiger partial charge in [-0.1, -0.05) is 30.3 Å². The quantitative estimate of drug-likeness (QED) is 0.939. The van der Waals surface area contributed by atoms with Gasteiger partial charge in [0.25, 0.3) is 0 Å². The van der Waals surface area contributed by atoms with Crippen molar-refractivity contribution in [2.75, 3.05) is 24.5 Å². The Labute approximate surface area is 132 Å². The van der Waals surface area contributed by atoms with E-state index in [0.29, 0.717) is 6.04 Å². The standard InChI is InChI=1S/C19H23N3/c1-2-4-15(5-3-1)6-7-16-9-19(12-20-10-16)22-13-17-8-18(14-22)21-11-17/h1-5,9-10,12,17-18,21H,6-8,11,13-14H2. The Bertz CT molecular complexity index is 614. The number of pyridine rings is 1. The third kappa shape index (κ3) is 3.00. The number of nitrogens with zero attached hydrogens (tertiary/aromatic N) is 2. The molecular formula is C19H23N3. The van der Waals surface area contributed by atoms with Crippen LogP contribution in [0.5, 0.6) is 0 Å². The summed E-state index contributed by atoms with van der Waals surface area (Å²) in [5, 5.41) is 3.62. The van der Waals surface area contributed by atoms with Gasteiger partial charge in [0.2, 0.25) is 0 Å². The number of piperidine rings is 1. The SMILES string of the molecule is c1ccc(CCc2cncc(N3CC4CNC(C4)C3)c2)cc1. The van der Waals surface area contributed by atoms with Crippen LogP contribution >= 0.6 is 0 Å². The summed E-state index contributed by atoms with van der Waals surface area (Å²) in [6.07, 6.45) is 7.53. The second kappa shape index (κ2) is 6.09. The maximum absolute atomic E-state index is 4.48. The molecule has 0 spiro atoms. The van der Waals surface area contributed by atoms with Gasteiger partial charge in [-0.25, -0.2) is 0 Å². The van der Waals surface area contributed by atoms with Crippen molar-refractivity contribution in [1.29, 1.82) is 0 Å². The zero-order chi connectivity index (χ0) is 14.8. The molecule has 2 saturated heterocycles. The molecule has 2 aliphatic heterocycles. The van der Waals surface area contributed by atoms with Gasteiger partial charge in [-0.05, 0) is 42.4 Å². The van der Waals surface area contributed by atoms with Gasteiger partial charge in [0, 0.05) is 31.9 Å². The maximum Gasteiger partial charge on any atom is 0.0556 e. The van der Waals surface area contributed by atoms with Gasteiger partial charge in [-0.3, -0.25) is 4.98 Å². The lowest BCUT2D eigenvalue weighted by Gasteiger charge is -2.32. The number of hydrogen-bond donors (Lipinski definition) is 1. The highest BCUT2D eigenvalue weighted by Gasteiger charge is 2.32. The Kier molecular flexibility index (Phi) is 3.81. The zero-order valence-corrected chi connectivity index (χ0v) is 12.9. The third-order valence-electron chi connectivity index (χ3n) is 4.92. The van der Waals surface area contributed by atoms with Crippen LogP contribution in [0, 0.1) is 5.92 Å². The molecule has 22 heavy (non-hydrogen) atoms. The normalized spacial score (nSPS) is 23.7. The summed E-state index contributed by atoms with van der Waals surface area (Å²) >= 11 is 0. The summed E-state index contributed by atoms with van der Waals surface area (Å²) in [5.41, 5.74) is 4.03. The highest BCUT2D eigenvalue weighted by atomic mass is 15.2. The lowest BCUT2D eigenvalue weighted by molar-refractivity contribution is 0.474. The molecule has 4 rings (SSSR count). The summed E-state index contributed by atoms with van der Waals surface area (Å²) in [6.45, 7) is 3.48. The highest BCUT2D eigenvalue weighted by Crippen LogP contribution is 2.27. The fourth-order valence-corrected chi connectivity index (χ4v) is 3.76. The van der Waals surface area contributed by atoms with Gasteiger partial charge in [0.15, 0.2) is 0 Å². The molecule has 0 saturated carbocycles. The Balaban J connectivity index is 1.44. The van der Waals surface area contributed by atoms with Crippen LogP contribution in [-0.2, 0) is 12.8 Å². The van der Waals surface area contributed by atoms with Crippen LogP contribution in [0.4, 0.5) is 5.69 Å². The minimum Gasteiger partial charge on any atom is -0.368 e. The van der Waals surface area contributed by atoms with E-state index >= 15 is 0 Å². The smallest absolute Gasteiger partial charge is 0.0556 e. The van der Waals surface area contributed by atoms with Crippen LogP contribution in [0.3, 0.4) is 0 Å². The Morgan fingerprint density at radius 3 is 2.77 bits per heavy atom. The Morgan fingerprint density at radius 2 is 1.91 bits per heavy atom. The summed E-state index contributed by atoms with van der Waals surface area (Å²) in [4.78, 5) is 6.99. The van der Waals surface area contributed by atoms with Crippen molar-refractivity contribution in [2.24, 2.45) is 5.92 Å². The van der Waals surface area contributed by atoms with E-state index in [1.807, 2.05) is 12.4 Å². The molecule has 3 heteroatoms. The fourth-order valence-electron chi connectivity index (χ4n) is 3.76. The van der Waals surface area contributed by atoms with E-state index < -0.39 is 0 Å². The van der Waals surface area contributed by atoms with Crippen molar-refractivity contribution in [1.82, 2.24) is 10.3 Å². The molecule has 1 aromatic carbocycles. The third-order valence-corrected chi connectivity index (χ3v) is 4.92. The lowest BCUT2D eigenvalue weighted by Crippen LogP contribution is -2.41. The van der Waals surface area contributed by atoms with Crippen LogP contribution < -0.4 is 10.2 Å². The number of hydrogen-bond acceptors (Lipinski definition) is 3. The van der Waals surface area contributed by atoms with E-state index in [1.165, 1.54) is 36.3 Å². The van der Waals surface area contributed by atoms with E-state index in [9.17, 15) is 0 Å². The first kappa shape index (κ1) is 13.8. The number of aromatic nitrogens is 1. The second-order valence-electron chi connectivity index (χ2n) is 6.65. The molecule has 0 aliphatic carbocycles. The van der Waals surface area contributed by atoms with Gasteiger partial charge < -0.3 is 10.2 Å². The molecule has 3 heterocycles. The molecule has 2 aliphatic rings. The van der Waals surface area contributed by atoms with E-state index in [0.717, 1.165) is 25.3 Å². The van der Waals surface area contributed by atoms with Crippen molar-refractivity contribution in [3.8, 4) is 0 Å². The Morgan fingerprint density at radius 1 is 1.05 bits per heavy atom. The van der Waals surface area contributed by atoms with Crippen molar-refractivity contribution >= 4 is 5.69 Å². The predicted octanol–water partition coefficient (Wildman–Crippen LogP) is 2.66. The monoisotopic (exact) mass is 293 g/mol. The first-order chi connectivity index (χ1) is 10.9. The molecule has 2 fully saturated rings. The van der Waals surface area contributed by atoms with Crippen LogP contribution in [0.15, 0.2) is 48.8 Å². The highest BCUT2D eigenvalue weighted by molar-refractivity contribution is 5.47. The molecule has 2 unspecified atom stereocenters. The lowest BCUT2D eigenvalue weighted by atomic mass is 9.99. The largest absolute Gasteiger partial charge is 0.368 e. The predicted molar refractivity (Wildman–Crippen MR) is 90.2 cm³/mol. The summed E-state index contributed by atoms with van der Waals surface area (Å²) in [7, 11) is 0. The van der Waals surface area contributed by atoms with E-state index in [4.69, 9.17) is 0 Å². The number of anilines is 1. The average Bonchev–Trinajstić information content (AvgIpc) is 2.92. The molecule has 1 aromatic heterocycles. The molecule has 2 atom stereocenters. The number of aryl methyl sites for hydroxylation is 2. The average molecular weight is 293 g/mol. The summed E-state index contributed by atoms with van der Waals surface area (Å²) in [6, 6.07) is 13.7. The van der Waals surface area contributed by atoms with Gasteiger partial charge >= 0.3 is 0 Å². The molecule has 2 aromatic rings. The topological polar surface area (TPSA) is 28.2 Å². The minimum absolute atomic E-state index is 0.673. The maximum atomic E-state index is 4.48. The summed E-state index contributed by atoms with van der Waals surface area (Å²) < 4.78 is 0. The van der Waals surface area contributed by atoms with E-state index in [2.05, 4.69) is 51.6 Å². The molecule has 1 N–H and O–H groups in total. The van der Waals surface area contributed by atoms with Crippen molar-refractivity contribution < 1.29 is 0 Å². The Hall–Kier alpha value is -1.87. The van der Waals surface area contributed by atoms with Crippen LogP contribution in [0.1, 0.15) is 17.5 Å². The van der Waals surface area contributed by atoms with Crippen molar-refractivity contribution in [3.63, 3.8) is 0 Å². The first-order valence-corrected chi connectivity index (χ1v) is 8.33. The van der Waals surface area contributed by atoms with Crippen molar-refractivity contribution in [3.05, 3.63) is 59.9 Å². The number of benzene rings is 1. The van der Waals surface area contributed by atoms with Crippen LogP contribution in [-0.4, -0.2) is 30.7 Å². The van der Waals surface area contributed by atoms with Gasteiger partial charge in [-0.2, -0.15) is 0 Å². The van der Waals surface area contributed by atoms with Gasteiger partial charge in [0.1, 0.15) is 0 Å². The molecule has 3 nitrogen and oxygen atoms in total. The van der Waals surface area contributed by atoms with Gasteiger partial charge in [-0.15, -0.1) is 0 Å². The van der Waals surface area contributed by atoms with Gasteiger partial charge in [0.05, 0.1) is 11.9 Å². The molecule has 114 valence electrons. The number of fused-ring (bicyclic) bond motifs is 2. The van der Waals surface area contributed by atoms with Crippen LogP contribution in [0.25, 0.3) is 0 Å². The van der Waals surface area contributed by atoms with Crippen molar-refractivity contribution in [2.45, 2.75) is 25.3 Å². The van der Waals surface area contributed by atoms with Crippen LogP contribution in [0.2, 0.25) is 0 Å². The summed E-state index contributed by atoms with van der Waals surface area (Å²) in [5.74, 6) is 0.812. The second-order valence-corrected chi connectivity index (χ2v) is 6.65. The molecule has 0 amide bonds. The molecular weight excluding hydrogens is 270 g/mol. The zero-order valence-electron chi connectivity index (χ0n) is 12.9. The van der Waals surface area contributed by atoms with E-state index in [1.54, 1.807) is 0 Å². The fraction of sp³-hybridized carbons (Fsp3) is 0.421. The minimum atomic E-state index is 0.673.